The van der Waals surface area contributed by atoms with Crippen molar-refractivity contribution in [3.63, 3.8) is 0 Å². The molecule has 18 heavy (non-hydrogen) atoms. The van der Waals surface area contributed by atoms with E-state index in [1.807, 2.05) is 0 Å². The Bertz CT molecular complexity index is 406. The first kappa shape index (κ1) is 14.8. The van der Waals surface area contributed by atoms with Crippen LogP contribution in [-0.2, 0) is 0 Å². The third kappa shape index (κ3) is 4.52. The lowest BCUT2D eigenvalue weighted by molar-refractivity contribution is -0.139. The van der Waals surface area contributed by atoms with Crippen LogP contribution in [0.25, 0.3) is 0 Å². The van der Waals surface area contributed by atoms with Crippen molar-refractivity contribution in [1.82, 2.24) is 5.32 Å². The highest BCUT2D eigenvalue weighted by molar-refractivity contribution is 5.29. The van der Waals surface area contributed by atoms with E-state index in [1.165, 1.54) is 19.1 Å². The predicted octanol–water partition coefficient (Wildman–Crippen LogP) is 3.52. The topological polar surface area (TPSA) is 32.3 Å². The lowest BCUT2D eigenvalue weighted by Gasteiger charge is -2.21. The van der Waals surface area contributed by atoms with Crippen molar-refractivity contribution in [3.05, 3.63) is 29.6 Å². The molecule has 0 heterocycles. The van der Waals surface area contributed by atoms with Gasteiger partial charge in [0.1, 0.15) is 11.6 Å². The zero-order valence-corrected chi connectivity index (χ0v) is 10.1. The Kier molecular flexibility index (Phi) is 4.56. The van der Waals surface area contributed by atoms with Crippen LogP contribution < -0.4 is 5.32 Å². The van der Waals surface area contributed by atoms with Crippen LogP contribution in [0.5, 0.6) is 5.75 Å². The van der Waals surface area contributed by atoms with Crippen LogP contribution in [0.1, 0.15) is 31.9 Å². The Morgan fingerprint density at radius 2 is 1.89 bits per heavy atom. The van der Waals surface area contributed by atoms with E-state index in [4.69, 9.17) is 5.11 Å². The highest BCUT2D eigenvalue weighted by Crippen LogP contribution is 2.25. The average molecular weight is 265 g/mol. The Balaban J connectivity index is 2.67. The minimum absolute atomic E-state index is 0.216. The standard InChI is InChI=1S/C12H15F4NO/c1-7(6-12(14,15)16)17-8(2)10-4-3-9(18)5-11(10)13/h3-5,7-8,17-18H,6H2,1-2H3. The van der Waals surface area contributed by atoms with E-state index < -0.39 is 30.5 Å². The summed E-state index contributed by atoms with van der Waals surface area (Å²) in [6.45, 7) is 2.96. The van der Waals surface area contributed by atoms with E-state index in [0.29, 0.717) is 0 Å². The zero-order chi connectivity index (χ0) is 13.9. The molecular formula is C12H15F4NO. The fourth-order valence-corrected chi connectivity index (χ4v) is 1.79. The van der Waals surface area contributed by atoms with E-state index >= 15 is 0 Å². The van der Waals surface area contributed by atoms with Crippen molar-refractivity contribution in [2.75, 3.05) is 0 Å². The molecule has 102 valence electrons. The summed E-state index contributed by atoms with van der Waals surface area (Å²) < 4.78 is 49.9. The third-order valence-corrected chi connectivity index (χ3v) is 2.52. The summed E-state index contributed by atoms with van der Waals surface area (Å²) in [5.41, 5.74) is 0.224. The average Bonchev–Trinajstić information content (AvgIpc) is 2.13. The minimum Gasteiger partial charge on any atom is -0.508 e. The molecule has 0 aliphatic carbocycles. The van der Waals surface area contributed by atoms with Crippen LogP contribution in [-0.4, -0.2) is 17.3 Å². The summed E-state index contributed by atoms with van der Waals surface area (Å²) in [4.78, 5) is 0. The number of hydrogen-bond donors (Lipinski definition) is 2. The lowest BCUT2D eigenvalue weighted by Crippen LogP contribution is -2.33. The Hall–Kier alpha value is -1.30. The first-order chi connectivity index (χ1) is 8.19. The first-order valence-electron chi connectivity index (χ1n) is 5.50. The maximum Gasteiger partial charge on any atom is 0.390 e. The van der Waals surface area contributed by atoms with Crippen LogP contribution in [0.2, 0.25) is 0 Å². The Morgan fingerprint density at radius 3 is 2.39 bits per heavy atom. The van der Waals surface area contributed by atoms with Gasteiger partial charge in [-0.3, -0.25) is 0 Å². The molecule has 0 bridgehead atoms. The Labute approximate surface area is 103 Å². The zero-order valence-electron chi connectivity index (χ0n) is 10.1. The fourth-order valence-electron chi connectivity index (χ4n) is 1.79. The molecule has 0 aliphatic rings. The lowest BCUT2D eigenvalue weighted by atomic mass is 10.1. The molecule has 2 unspecified atom stereocenters. The molecule has 2 atom stereocenters. The summed E-state index contributed by atoms with van der Waals surface area (Å²) in [6, 6.07) is 2.20. The van der Waals surface area contributed by atoms with Crippen molar-refractivity contribution in [2.24, 2.45) is 0 Å². The highest BCUT2D eigenvalue weighted by atomic mass is 19.4. The SMILES string of the molecule is CC(CC(F)(F)F)NC(C)c1ccc(O)cc1F. The van der Waals surface area contributed by atoms with Crippen LogP contribution in [0.4, 0.5) is 17.6 Å². The van der Waals surface area contributed by atoms with Gasteiger partial charge in [0.25, 0.3) is 0 Å². The number of phenolic OH excluding ortho intramolecular Hbond substituents is 1. The van der Waals surface area contributed by atoms with Gasteiger partial charge < -0.3 is 10.4 Å². The molecule has 0 aliphatic heterocycles. The van der Waals surface area contributed by atoms with Crippen molar-refractivity contribution in [1.29, 1.82) is 0 Å². The largest absolute Gasteiger partial charge is 0.508 e. The van der Waals surface area contributed by atoms with Crippen LogP contribution in [0.15, 0.2) is 18.2 Å². The molecule has 1 aromatic rings. The van der Waals surface area contributed by atoms with Gasteiger partial charge in [-0.25, -0.2) is 4.39 Å². The second-order valence-corrected chi connectivity index (χ2v) is 4.31. The minimum atomic E-state index is -4.25. The molecule has 0 fully saturated rings. The normalized spacial score (nSPS) is 15.4. The van der Waals surface area contributed by atoms with E-state index in [-0.39, 0.29) is 11.3 Å². The molecule has 2 nitrogen and oxygen atoms in total. The monoisotopic (exact) mass is 265 g/mol. The van der Waals surface area contributed by atoms with E-state index in [2.05, 4.69) is 5.32 Å². The number of halogens is 4. The quantitative estimate of drug-likeness (QED) is 0.816. The molecule has 6 heteroatoms. The van der Waals surface area contributed by atoms with Crippen molar-refractivity contribution >= 4 is 0 Å². The van der Waals surface area contributed by atoms with Gasteiger partial charge in [-0.1, -0.05) is 6.07 Å². The summed E-state index contributed by atoms with van der Waals surface area (Å²) in [7, 11) is 0. The number of nitrogens with one attached hydrogen (secondary N) is 1. The number of benzene rings is 1. The first-order valence-corrected chi connectivity index (χ1v) is 5.50. The van der Waals surface area contributed by atoms with E-state index in [9.17, 15) is 17.6 Å². The van der Waals surface area contributed by atoms with Gasteiger partial charge in [-0.05, 0) is 19.9 Å². The summed E-state index contributed by atoms with van der Waals surface area (Å²) >= 11 is 0. The molecule has 0 spiro atoms. The molecule has 1 rings (SSSR count). The summed E-state index contributed by atoms with van der Waals surface area (Å²) in [6.07, 6.45) is -5.23. The van der Waals surface area contributed by atoms with Gasteiger partial charge in [0.15, 0.2) is 0 Å². The number of rotatable bonds is 4. The van der Waals surface area contributed by atoms with Gasteiger partial charge in [-0.15, -0.1) is 0 Å². The molecule has 0 aromatic heterocycles. The number of hydrogen-bond acceptors (Lipinski definition) is 2. The summed E-state index contributed by atoms with van der Waals surface area (Å²) in [5.74, 6) is -0.860. The van der Waals surface area contributed by atoms with Gasteiger partial charge in [0.2, 0.25) is 0 Å². The Morgan fingerprint density at radius 1 is 1.28 bits per heavy atom. The van der Waals surface area contributed by atoms with Crippen molar-refractivity contribution in [2.45, 2.75) is 38.5 Å². The molecule has 0 saturated carbocycles. The van der Waals surface area contributed by atoms with Crippen molar-refractivity contribution in [3.8, 4) is 5.75 Å². The van der Waals surface area contributed by atoms with Gasteiger partial charge >= 0.3 is 6.18 Å². The number of aromatic hydroxyl groups is 1. The second-order valence-electron chi connectivity index (χ2n) is 4.31. The highest BCUT2D eigenvalue weighted by Gasteiger charge is 2.30. The van der Waals surface area contributed by atoms with E-state index in [1.54, 1.807) is 6.92 Å². The molecular weight excluding hydrogens is 250 g/mol. The second kappa shape index (κ2) is 5.56. The smallest absolute Gasteiger partial charge is 0.390 e. The molecule has 0 radical (unpaired) electrons. The van der Waals surface area contributed by atoms with Crippen LogP contribution >= 0.6 is 0 Å². The van der Waals surface area contributed by atoms with Gasteiger partial charge in [-0.2, -0.15) is 13.2 Å². The third-order valence-electron chi connectivity index (χ3n) is 2.52. The van der Waals surface area contributed by atoms with Gasteiger partial charge in [0.05, 0.1) is 6.42 Å². The predicted molar refractivity (Wildman–Crippen MR) is 59.7 cm³/mol. The number of phenols is 1. The van der Waals surface area contributed by atoms with Crippen LogP contribution in [0.3, 0.4) is 0 Å². The maximum atomic E-state index is 13.5. The summed E-state index contributed by atoms with van der Waals surface area (Å²) in [5, 5.41) is 11.7. The molecule has 2 N–H and O–H groups in total. The van der Waals surface area contributed by atoms with Crippen LogP contribution in [0, 0.1) is 5.82 Å². The molecule has 1 aromatic carbocycles. The molecule has 0 amide bonds. The maximum absolute atomic E-state index is 13.5. The fraction of sp³-hybridized carbons (Fsp3) is 0.500. The van der Waals surface area contributed by atoms with Gasteiger partial charge in [0, 0.05) is 23.7 Å². The number of alkyl halides is 3. The van der Waals surface area contributed by atoms with Crippen molar-refractivity contribution < 1.29 is 22.7 Å². The van der Waals surface area contributed by atoms with E-state index in [0.717, 1.165) is 6.07 Å². The molecule has 0 saturated heterocycles.